The predicted molar refractivity (Wildman–Crippen MR) is 280 cm³/mol. The Bertz CT molecular complexity index is 3260. The minimum absolute atomic E-state index is 0. The van der Waals surface area contributed by atoms with Gasteiger partial charge in [-0.3, -0.25) is 0 Å². The zero-order chi connectivity index (χ0) is 46.5. The molecule has 0 fully saturated rings. The first-order chi connectivity index (χ1) is 32.4. The van der Waals surface area contributed by atoms with Crippen molar-refractivity contribution >= 4 is 44.6 Å². The van der Waals surface area contributed by atoms with E-state index in [0.29, 0.717) is 11.5 Å². The van der Waals surface area contributed by atoms with Crippen molar-refractivity contribution in [2.75, 3.05) is 9.80 Å². The maximum absolute atomic E-state index is 6.79. The van der Waals surface area contributed by atoms with Crippen LogP contribution in [-0.4, -0.2) is 9.55 Å². The Morgan fingerprint density at radius 3 is 2.03 bits per heavy atom. The van der Waals surface area contributed by atoms with Crippen LogP contribution in [0.15, 0.2) is 158 Å². The molecule has 3 heterocycles. The number of nitrogens with zero attached hydrogens (tertiary/aromatic N) is 4. The quantitative estimate of drug-likeness (QED) is 0.121. The molecule has 0 atom stereocenters. The SMILES string of the molecule is CCCc1ccc2c(c1CCC)c1ccc(Oc3[c-]c(N4[CH-]N(c5c(-c6ccccc6)cccc5-c5ccccc5C(C)(C)C)c5ccccc54)ccc3)[c-]c1n2-c1cc(C(C)(C)C)ccn1.[Pt]. The summed E-state index contributed by atoms with van der Waals surface area (Å²) in [7, 11) is 0. The number of fused-ring (bicyclic) bond motifs is 4. The molecule has 6 heteroatoms. The Labute approximate surface area is 417 Å². The molecule has 0 bridgehead atoms. The first-order valence-corrected chi connectivity index (χ1v) is 23.9. The summed E-state index contributed by atoms with van der Waals surface area (Å²) in [5.41, 5.74) is 16.2. The van der Waals surface area contributed by atoms with E-state index < -0.39 is 0 Å². The molecule has 9 aromatic rings. The molecule has 10 rings (SSSR count). The maximum atomic E-state index is 6.79. The largest absolute Gasteiger partial charge is 0.509 e. The normalized spacial score (nSPS) is 12.7. The van der Waals surface area contributed by atoms with Crippen LogP contribution in [0.2, 0.25) is 0 Å². The molecule has 7 aromatic carbocycles. The second-order valence-electron chi connectivity index (χ2n) is 19.9. The van der Waals surface area contributed by atoms with E-state index in [2.05, 4.69) is 228 Å². The Morgan fingerprint density at radius 1 is 0.603 bits per heavy atom. The van der Waals surface area contributed by atoms with Crippen molar-refractivity contribution in [3.63, 3.8) is 0 Å². The van der Waals surface area contributed by atoms with Crippen LogP contribution >= 0.6 is 0 Å². The van der Waals surface area contributed by atoms with Crippen LogP contribution in [0.25, 0.3) is 49.9 Å². The van der Waals surface area contributed by atoms with E-state index in [1.54, 1.807) is 0 Å². The summed E-state index contributed by atoms with van der Waals surface area (Å²) in [6.45, 7) is 20.4. The van der Waals surface area contributed by atoms with E-state index in [1.807, 2.05) is 18.3 Å². The number of anilines is 4. The minimum Gasteiger partial charge on any atom is -0.509 e. The molecule has 1 aliphatic rings. The van der Waals surface area contributed by atoms with E-state index in [9.17, 15) is 0 Å². The molecule has 0 radical (unpaired) electrons. The number of benzene rings is 7. The fraction of sp³-hybridized carbons (Fsp3) is 0.226. The average Bonchev–Trinajstić information content (AvgIpc) is 3.88. The van der Waals surface area contributed by atoms with Crippen molar-refractivity contribution in [1.82, 2.24) is 9.55 Å². The van der Waals surface area contributed by atoms with Gasteiger partial charge in [0, 0.05) is 72.5 Å². The summed E-state index contributed by atoms with van der Waals surface area (Å²) in [5.74, 6) is 2.11. The third kappa shape index (κ3) is 8.67. The number of aryl methyl sites for hydroxylation is 2. The summed E-state index contributed by atoms with van der Waals surface area (Å²) in [4.78, 5) is 9.57. The third-order valence-electron chi connectivity index (χ3n) is 13.1. The van der Waals surface area contributed by atoms with Crippen LogP contribution < -0.4 is 14.5 Å². The van der Waals surface area contributed by atoms with Crippen LogP contribution in [0.4, 0.5) is 22.7 Å². The van der Waals surface area contributed by atoms with Crippen LogP contribution in [0.1, 0.15) is 90.5 Å². The van der Waals surface area contributed by atoms with Gasteiger partial charge < -0.3 is 19.1 Å². The summed E-state index contributed by atoms with van der Waals surface area (Å²) in [6, 6.07) is 61.7. The molecule has 0 amide bonds. The van der Waals surface area contributed by atoms with Gasteiger partial charge in [0.15, 0.2) is 0 Å². The summed E-state index contributed by atoms with van der Waals surface area (Å²) >= 11 is 0. The molecular weight excluding hydrogens is 1010 g/mol. The first-order valence-electron chi connectivity index (χ1n) is 23.9. The van der Waals surface area contributed by atoms with Gasteiger partial charge in [-0.15, -0.1) is 48.1 Å². The molecule has 1 aliphatic heterocycles. The molecule has 68 heavy (non-hydrogen) atoms. The van der Waals surface area contributed by atoms with Crippen molar-refractivity contribution in [3.8, 4) is 39.6 Å². The summed E-state index contributed by atoms with van der Waals surface area (Å²) in [5, 5.41) is 2.45. The van der Waals surface area contributed by atoms with Crippen LogP contribution in [0, 0.1) is 18.8 Å². The number of rotatable bonds is 11. The standard InChI is InChI=1S/C62H59N4O.Pt/c1-9-20-42-32-35-56-59(48(42)21-10-2)52-34-33-47(40-57(52)66(56)58-38-44(36-37-63-58)61(3,4)5)67-46-25-18-24-45(39-46)64-41-65(55-31-17-16-30-54(55)64)60-49(43-22-12-11-13-23-43)27-19-28-51(60)50-26-14-15-29-53(50)62(6,7)8;/h11-19,22-38,41H,9-10,20-21H2,1-8H3;/q-3;. The van der Waals surface area contributed by atoms with E-state index in [0.717, 1.165) is 81.8 Å². The van der Waals surface area contributed by atoms with E-state index in [4.69, 9.17) is 9.72 Å². The molecule has 5 nitrogen and oxygen atoms in total. The van der Waals surface area contributed by atoms with Crippen molar-refractivity contribution in [2.45, 2.75) is 91.9 Å². The molecular formula is C62H59N4OPt-3. The van der Waals surface area contributed by atoms with Gasteiger partial charge in [0.05, 0.1) is 0 Å². The molecule has 0 saturated carbocycles. The van der Waals surface area contributed by atoms with Crippen molar-refractivity contribution < 1.29 is 25.8 Å². The smallest absolute Gasteiger partial charge is 0.135 e. The first kappa shape index (κ1) is 46.7. The molecule has 0 aliphatic carbocycles. The zero-order valence-corrected chi connectivity index (χ0v) is 42.7. The predicted octanol–water partition coefficient (Wildman–Crippen LogP) is 16.8. The maximum Gasteiger partial charge on any atom is 0.135 e. The zero-order valence-electron chi connectivity index (χ0n) is 40.4. The average molecular weight is 1070 g/mol. The van der Waals surface area contributed by atoms with Crippen LogP contribution in [0.5, 0.6) is 11.5 Å². The Kier molecular flexibility index (Phi) is 13.0. The van der Waals surface area contributed by atoms with Crippen molar-refractivity contribution in [1.29, 1.82) is 0 Å². The third-order valence-corrected chi connectivity index (χ3v) is 13.1. The Morgan fingerprint density at radius 2 is 1.28 bits per heavy atom. The van der Waals surface area contributed by atoms with E-state index in [-0.39, 0.29) is 31.9 Å². The monoisotopic (exact) mass is 1070 g/mol. The van der Waals surface area contributed by atoms with Gasteiger partial charge in [-0.2, -0.15) is 12.1 Å². The molecule has 0 spiro atoms. The topological polar surface area (TPSA) is 33.5 Å². The summed E-state index contributed by atoms with van der Waals surface area (Å²) in [6.07, 6.45) is 6.17. The van der Waals surface area contributed by atoms with Gasteiger partial charge in [-0.05, 0) is 92.8 Å². The van der Waals surface area contributed by atoms with Gasteiger partial charge in [0.25, 0.3) is 0 Å². The van der Waals surface area contributed by atoms with E-state index >= 15 is 0 Å². The fourth-order valence-corrected chi connectivity index (χ4v) is 9.95. The van der Waals surface area contributed by atoms with Gasteiger partial charge in [0.1, 0.15) is 5.82 Å². The van der Waals surface area contributed by atoms with Crippen molar-refractivity contribution in [3.05, 3.63) is 199 Å². The molecule has 0 N–H and O–H groups in total. The number of hydrogen-bond acceptors (Lipinski definition) is 4. The number of aromatic nitrogens is 2. The molecule has 0 unspecified atom stereocenters. The Balaban J connectivity index is 0.00000578. The number of pyridine rings is 1. The van der Waals surface area contributed by atoms with Crippen LogP contribution in [0.3, 0.4) is 0 Å². The molecule has 0 saturated heterocycles. The van der Waals surface area contributed by atoms with Crippen molar-refractivity contribution in [2.24, 2.45) is 0 Å². The fourth-order valence-electron chi connectivity index (χ4n) is 9.95. The van der Waals surface area contributed by atoms with E-state index in [1.165, 1.54) is 38.8 Å². The number of para-hydroxylation sites is 3. The Hall–Kier alpha value is -6.42. The molecule has 346 valence electrons. The minimum atomic E-state index is -0.0619. The second-order valence-corrected chi connectivity index (χ2v) is 19.9. The molecule has 2 aromatic heterocycles. The van der Waals surface area contributed by atoms with Gasteiger partial charge in [0.2, 0.25) is 0 Å². The van der Waals surface area contributed by atoms with Crippen LogP contribution in [-0.2, 0) is 44.7 Å². The van der Waals surface area contributed by atoms with Gasteiger partial charge in [-0.1, -0.05) is 165 Å². The summed E-state index contributed by atoms with van der Waals surface area (Å²) < 4.78 is 9.08. The second kappa shape index (κ2) is 18.9. The van der Waals surface area contributed by atoms with Gasteiger partial charge >= 0.3 is 0 Å². The number of ether oxygens (including phenoxy) is 1. The number of hydrogen-bond donors (Lipinski definition) is 0. The van der Waals surface area contributed by atoms with Gasteiger partial charge in [-0.25, -0.2) is 4.98 Å².